The van der Waals surface area contributed by atoms with E-state index in [-0.39, 0.29) is 18.1 Å². The van der Waals surface area contributed by atoms with Gasteiger partial charge in [0.05, 0.1) is 0 Å². The minimum absolute atomic E-state index is 0.0225. The molecule has 1 aromatic heterocycles. The van der Waals surface area contributed by atoms with Crippen LogP contribution in [-0.4, -0.2) is 49.2 Å². The zero-order chi connectivity index (χ0) is 19.8. The number of aromatic amines is 1. The maximum absolute atomic E-state index is 14.9. The molecule has 3 heterocycles. The Hall–Kier alpha value is -2.15. The second-order valence-electron chi connectivity index (χ2n) is 7.23. The van der Waals surface area contributed by atoms with Crippen LogP contribution >= 0.6 is 0 Å². The van der Waals surface area contributed by atoms with Crippen molar-refractivity contribution in [3.05, 3.63) is 53.5 Å². The van der Waals surface area contributed by atoms with Crippen molar-refractivity contribution < 1.29 is 9.13 Å². The van der Waals surface area contributed by atoms with Gasteiger partial charge >= 0.3 is 141 Å². The molecule has 0 fully saturated rings. The number of rotatable bonds is 5. The standard InChI is InChI=1S/C19H19FN6O.CH3.Sb/c20-19-13(11-21)3-1-4-15(19)23-17-10-16(24-25-17)12-6-7-14(9-12)27-18-5-2-8-22-26-18;;/h1-2,4-5,8-10,14,18,21,26H,6-7,11H2,(H2,23,24,25);1H3;/q-1;;+1. The summed E-state index contributed by atoms with van der Waals surface area (Å²) in [6, 6.07) is 5.79. The number of allylic oxidation sites excluding steroid dienone is 2. The second kappa shape index (κ2) is 7.93. The molecule has 4 N–H and O–H groups in total. The van der Waals surface area contributed by atoms with Crippen molar-refractivity contribution in [3.63, 3.8) is 0 Å². The quantitative estimate of drug-likeness (QED) is 0.471. The monoisotopic (exact) mass is 502 g/mol. The van der Waals surface area contributed by atoms with Gasteiger partial charge in [-0.15, -0.1) is 0 Å². The summed E-state index contributed by atoms with van der Waals surface area (Å²) in [4.78, 5) is 2.22. The zero-order valence-corrected chi connectivity index (χ0v) is 18.5. The number of aromatic nitrogens is 2. The summed E-state index contributed by atoms with van der Waals surface area (Å²) >= 11 is -1.63. The van der Waals surface area contributed by atoms with Crippen molar-refractivity contribution in [2.24, 2.45) is 5.10 Å². The molecule has 2 unspecified atom stereocenters. The predicted octanol–water partition coefficient (Wildman–Crippen LogP) is 2.26. The molecule has 0 bridgehead atoms. The fraction of sp³-hybridized carbons (Fsp3) is 0.300. The number of nitrogens with one attached hydrogen (secondary N) is 4. The molecule has 0 saturated heterocycles. The Morgan fingerprint density at radius 1 is 1.34 bits per heavy atom. The zero-order valence-electron chi connectivity index (χ0n) is 15.9. The molecule has 3 aliphatic rings. The van der Waals surface area contributed by atoms with Crippen molar-refractivity contribution in [3.8, 4) is 0 Å². The molecule has 29 heavy (non-hydrogen) atoms. The third-order valence-electron chi connectivity index (χ3n) is 5.31. The van der Waals surface area contributed by atoms with Gasteiger partial charge in [-0.3, -0.25) is 5.43 Å². The summed E-state index contributed by atoms with van der Waals surface area (Å²) in [6.07, 6.45) is 9.22. The number of hydrazone groups is 1. The molecular formula is C20H22FN6OSb. The first-order valence-electron chi connectivity index (χ1n) is 9.60. The fourth-order valence-corrected chi connectivity index (χ4v) is 7.93. The number of nitrogens with zero attached hydrogens (tertiary/aromatic N) is 2. The molecular weight excluding hydrogens is 481 g/mol. The average molecular weight is 503 g/mol. The molecule has 150 valence electrons. The third kappa shape index (κ3) is 3.84. The van der Waals surface area contributed by atoms with Gasteiger partial charge in [0.25, 0.3) is 0 Å². The number of anilines is 2. The summed E-state index contributed by atoms with van der Waals surface area (Å²) in [6.45, 7) is 0.631. The van der Waals surface area contributed by atoms with Crippen LogP contribution in [0.1, 0.15) is 24.1 Å². The predicted molar refractivity (Wildman–Crippen MR) is 113 cm³/mol. The molecule has 2 atom stereocenters. The van der Waals surface area contributed by atoms with Crippen LogP contribution < -0.4 is 17.7 Å². The van der Waals surface area contributed by atoms with E-state index in [1.54, 1.807) is 6.21 Å². The Morgan fingerprint density at radius 3 is 3.14 bits per heavy atom. The van der Waals surface area contributed by atoms with Crippen LogP contribution in [0.3, 0.4) is 0 Å². The number of fused-ring (bicyclic) bond motifs is 1. The van der Waals surface area contributed by atoms with E-state index in [4.69, 9.17) is 4.74 Å². The van der Waals surface area contributed by atoms with Gasteiger partial charge < -0.3 is 0 Å². The van der Waals surface area contributed by atoms with Crippen molar-refractivity contribution in [2.45, 2.75) is 36.6 Å². The van der Waals surface area contributed by atoms with Crippen LogP contribution in [0.25, 0.3) is 5.57 Å². The van der Waals surface area contributed by atoms with E-state index in [2.05, 4.69) is 46.5 Å². The molecule has 9 heteroatoms. The first kappa shape index (κ1) is 18.9. The van der Waals surface area contributed by atoms with Crippen molar-refractivity contribution >= 4 is 47.3 Å². The van der Waals surface area contributed by atoms with Crippen LogP contribution in [0.5, 0.6) is 0 Å². The molecule has 2 aliphatic heterocycles. The van der Waals surface area contributed by atoms with Crippen LogP contribution in [0.2, 0.25) is 4.87 Å². The number of hydrogen-bond acceptors (Lipinski definition) is 6. The number of ether oxygens (including phenoxy) is 1. The molecule has 7 nitrogen and oxygen atoms in total. The first-order valence-corrected chi connectivity index (χ1v) is 14.7. The van der Waals surface area contributed by atoms with Crippen LogP contribution in [0.15, 0.2) is 41.5 Å². The van der Waals surface area contributed by atoms with Crippen LogP contribution in [-0.2, 0) is 11.3 Å². The third-order valence-corrected chi connectivity index (χ3v) is 10.4. The molecule has 0 amide bonds. The number of halogens is 1. The van der Waals surface area contributed by atoms with E-state index in [0.29, 0.717) is 18.1 Å². The Labute approximate surface area is 175 Å². The number of H-pyrrole nitrogens is 1. The summed E-state index contributed by atoms with van der Waals surface area (Å²) < 4.78 is 25.5. The SMILES string of the molecule is [CH3][Sb]1[NH]Cc2[c]1ccc(Nc1cc(C3=CC(OC4C=CC=NN4)CC3)[nH]n1)c2F. The molecule has 0 radical (unpaired) electrons. The van der Waals surface area contributed by atoms with Gasteiger partial charge in [-0.1, -0.05) is 0 Å². The first-order chi connectivity index (χ1) is 14.2. The minimum atomic E-state index is -1.63. The van der Waals surface area contributed by atoms with E-state index in [0.717, 1.165) is 29.7 Å². The van der Waals surface area contributed by atoms with Crippen LogP contribution in [0.4, 0.5) is 15.9 Å². The Balaban J connectivity index is 1.27. The van der Waals surface area contributed by atoms with Gasteiger partial charge in [0.15, 0.2) is 6.23 Å². The Kier molecular flexibility index (Phi) is 5.16. The van der Waals surface area contributed by atoms with E-state index in [1.165, 1.54) is 3.51 Å². The van der Waals surface area contributed by atoms with E-state index < -0.39 is 20.5 Å². The summed E-state index contributed by atoms with van der Waals surface area (Å²) in [5, 5.41) is 14.5. The Bertz CT molecular complexity index is 1020. The average Bonchev–Trinajstić information content (AvgIpc) is 3.46. The van der Waals surface area contributed by atoms with Gasteiger partial charge in [0, 0.05) is 6.21 Å². The molecule has 1 aromatic carbocycles. The molecule has 0 saturated carbocycles. The summed E-state index contributed by atoms with van der Waals surface area (Å²) in [5.74, 6) is 0.438. The fourth-order valence-electron chi connectivity index (χ4n) is 3.80. The molecule has 0 spiro atoms. The van der Waals surface area contributed by atoms with Crippen molar-refractivity contribution in [2.75, 3.05) is 5.32 Å². The molecule has 2 aromatic rings. The van der Waals surface area contributed by atoms with E-state index in [1.807, 2.05) is 24.3 Å². The molecule has 5 rings (SSSR count). The topological polar surface area (TPSA) is 86.4 Å². The van der Waals surface area contributed by atoms with Gasteiger partial charge in [-0.25, -0.2) is 0 Å². The van der Waals surface area contributed by atoms with E-state index >= 15 is 0 Å². The maximum atomic E-state index is 14.9. The molecule has 1 aliphatic carbocycles. The summed E-state index contributed by atoms with van der Waals surface area (Å²) in [7, 11) is 0. The number of benzene rings is 1. The van der Waals surface area contributed by atoms with Gasteiger partial charge in [-0.05, 0) is 12.2 Å². The van der Waals surface area contributed by atoms with E-state index in [9.17, 15) is 4.39 Å². The Morgan fingerprint density at radius 2 is 2.28 bits per heavy atom. The second-order valence-corrected chi connectivity index (χ2v) is 12.7. The summed E-state index contributed by atoms with van der Waals surface area (Å²) in [5.41, 5.74) is 6.28. The number of hydrogen-bond donors (Lipinski definition) is 4. The van der Waals surface area contributed by atoms with Crippen molar-refractivity contribution in [1.29, 1.82) is 0 Å². The van der Waals surface area contributed by atoms with Gasteiger partial charge in [0.1, 0.15) is 0 Å². The van der Waals surface area contributed by atoms with Gasteiger partial charge in [0.2, 0.25) is 0 Å². The van der Waals surface area contributed by atoms with Crippen LogP contribution in [0, 0.1) is 5.82 Å². The van der Waals surface area contributed by atoms with Gasteiger partial charge in [-0.2, -0.15) is 5.10 Å². The normalized spacial score (nSPS) is 23.2. The van der Waals surface area contributed by atoms with Crippen molar-refractivity contribution in [1.82, 2.24) is 19.1 Å².